The van der Waals surface area contributed by atoms with Crippen molar-refractivity contribution in [2.75, 3.05) is 39.3 Å². The minimum Gasteiger partial charge on any atom is -0.450 e. The molecule has 9 heteroatoms. The van der Waals surface area contributed by atoms with E-state index in [9.17, 15) is 9.59 Å². The zero-order chi connectivity index (χ0) is 31.3. The topological polar surface area (TPSA) is 103 Å². The van der Waals surface area contributed by atoms with Gasteiger partial charge in [0, 0.05) is 67.6 Å². The van der Waals surface area contributed by atoms with E-state index in [1.165, 1.54) is 5.56 Å². The molecule has 2 saturated heterocycles. The number of pyridine rings is 1. The lowest BCUT2D eigenvalue weighted by Crippen LogP contribution is -2.43. The van der Waals surface area contributed by atoms with Crippen LogP contribution in [0, 0.1) is 0 Å². The number of aromatic nitrogens is 2. The van der Waals surface area contributed by atoms with Crippen molar-refractivity contribution >= 4 is 34.4 Å². The maximum absolute atomic E-state index is 13.5. The first-order chi connectivity index (χ1) is 21.2. The van der Waals surface area contributed by atoms with Crippen LogP contribution in [0.2, 0.25) is 0 Å². The lowest BCUT2D eigenvalue weighted by Gasteiger charge is -2.29. The van der Waals surface area contributed by atoms with Crippen molar-refractivity contribution in [3.05, 3.63) is 71.2 Å². The lowest BCUT2D eigenvalue weighted by molar-refractivity contribution is -0.135. The highest BCUT2D eigenvalue weighted by atomic mass is 16.5. The minimum atomic E-state index is -0.626. The molecule has 0 spiro atoms. The van der Waals surface area contributed by atoms with E-state index in [1.54, 1.807) is 6.92 Å². The van der Waals surface area contributed by atoms with Gasteiger partial charge in [-0.15, -0.1) is 0 Å². The van der Waals surface area contributed by atoms with Gasteiger partial charge < -0.3 is 19.5 Å². The number of likely N-dealkylation sites (tertiary alicyclic amines) is 2. The van der Waals surface area contributed by atoms with Crippen molar-refractivity contribution in [1.82, 2.24) is 25.1 Å². The van der Waals surface area contributed by atoms with Gasteiger partial charge in [0.25, 0.3) is 0 Å². The number of aliphatic imine (C=N–C) groups is 1. The summed E-state index contributed by atoms with van der Waals surface area (Å²) in [5.41, 5.74) is 6.06. The number of allylic oxidation sites excluding steroid dienone is 2. The number of amides is 2. The van der Waals surface area contributed by atoms with Gasteiger partial charge in [-0.05, 0) is 107 Å². The van der Waals surface area contributed by atoms with Crippen LogP contribution in [-0.4, -0.2) is 77.1 Å². The number of hydrogen-bond donors (Lipinski definition) is 2. The summed E-state index contributed by atoms with van der Waals surface area (Å²) in [7, 11) is 0. The highest BCUT2D eigenvalue weighted by Crippen LogP contribution is 2.34. The van der Waals surface area contributed by atoms with Gasteiger partial charge in [0.05, 0.1) is 12.0 Å². The fraction of sp³-hybridized carbons (Fsp3) is 0.486. The zero-order valence-electron chi connectivity index (χ0n) is 26.8. The summed E-state index contributed by atoms with van der Waals surface area (Å²) in [5.74, 6) is 1.07. The molecule has 2 fully saturated rings. The Morgan fingerprint density at radius 1 is 1.14 bits per heavy atom. The second-order valence-corrected chi connectivity index (χ2v) is 12.3. The molecular formula is C35H46N6O3. The molecule has 234 valence electrons. The molecule has 2 aliphatic rings. The summed E-state index contributed by atoms with van der Waals surface area (Å²) in [6.07, 6.45) is 9.04. The Bertz CT molecular complexity index is 1530. The molecule has 0 saturated carbocycles. The first-order valence-electron chi connectivity index (χ1n) is 15.9. The molecule has 9 nitrogen and oxygen atoms in total. The molecule has 1 unspecified atom stereocenters. The van der Waals surface area contributed by atoms with E-state index in [2.05, 4.69) is 63.5 Å². The number of alkyl carbamates (subject to hydrolysis) is 1. The molecule has 0 bridgehead atoms. The standard InChI is InChI=1S/C35H46N6O3/c1-6-24(3)31-28(29-22-27(10-11-30(29)38-31)35(4,5)32(42)40-19-8-9-20-40)14-18-37-33(39-34(43)44-7-2)41-21-15-26(23-41)25-12-16-36-17-13-25/h6,10-13,16-17,22,26,38H,7-9,14-15,18-21,23H2,1-5H3,(H,37,39,43)/b24-6+. The SMILES string of the molecule is C/C=C(\C)c1[nH]c2ccc(C(C)(C)C(=O)N3CCCC3)cc2c1CCN=C(NC(=O)OCC)N1CCC(c2ccncc2)C1. The van der Waals surface area contributed by atoms with Crippen molar-refractivity contribution < 1.29 is 14.3 Å². The normalized spacial score (nSPS) is 17.9. The highest BCUT2D eigenvalue weighted by Gasteiger charge is 2.35. The zero-order valence-corrected chi connectivity index (χ0v) is 26.8. The average molecular weight is 599 g/mol. The van der Waals surface area contributed by atoms with Crippen LogP contribution in [0.25, 0.3) is 16.5 Å². The number of H-pyrrole nitrogens is 1. The van der Waals surface area contributed by atoms with Crippen molar-refractivity contribution in [2.24, 2.45) is 4.99 Å². The number of fused-ring (bicyclic) bond motifs is 1. The molecular weight excluding hydrogens is 552 g/mol. The Hall–Kier alpha value is -4.14. The van der Waals surface area contributed by atoms with E-state index in [0.717, 1.165) is 78.7 Å². The van der Waals surface area contributed by atoms with Crippen LogP contribution in [0.3, 0.4) is 0 Å². The van der Waals surface area contributed by atoms with Crippen LogP contribution < -0.4 is 5.32 Å². The third kappa shape index (κ3) is 6.66. The molecule has 3 aromatic rings. The van der Waals surface area contributed by atoms with Gasteiger partial charge >= 0.3 is 6.09 Å². The Morgan fingerprint density at radius 2 is 1.89 bits per heavy atom. The Labute approximate surface area is 260 Å². The smallest absolute Gasteiger partial charge is 0.413 e. The molecule has 2 aromatic heterocycles. The quantitative estimate of drug-likeness (QED) is 0.244. The number of hydrogen-bond acceptors (Lipinski definition) is 5. The van der Waals surface area contributed by atoms with Gasteiger partial charge in [-0.25, -0.2) is 4.79 Å². The fourth-order valence-corrected chi connectivity index (χ4v) is 6.43. The highest BCUT2D eigenvalue weighted by molar-refractivity contribution is 5.95. The molecule has 1 aromatic carbocycles. The van der Waals surface area contributed by atoms with E-state index >= 15 is 0 Å². The first kappa shape index (κ1) is 31.3. The maximum Gasteiger partial charge on any atom is 0.413 e. The number of benzene rings is 1. The van der Waals surface area contributed by atoms with Gasteiger partial charge in [0.15, 0.2) is 0 Å². The summed E-state index contributed by atoms with van der Waals surface area (Å²) in [4.78, 5) is 42.9. The number of rotatable bonds is 8. The average Bonchev–Trinajstić information content (AvgIpc) is 3.81. The van der Waals surface area contributed by atoms with Crippen molar-refractivity contribution in [3.8, 4) is 0 Å². The van der Waals surface area contributed by atoms with Gasteiger partial charge in [-0.1, -0.05) is 12.1 Å². The van der Waals surface area contributed by atoms with E-state index in [4.69, 9.17) is 9.73 Å². The number of ether oxygens (including phenoxy) is 1. The molecule has 2 aliphatic heterocycles. The number of nitrogens with zero attached hydrogens (tertiary/aromatic N) is 4. The Balaban J connectivity index is 1.42. The lowest BCUT2D eigenvalue weighted by atomic mass is 9.82. The summed E-state index contributed by atoms with van der Waals surface area (Å²) in [5, 5.41) is 4.01. The van der Waals surface area contributed by atoms with E-state index in [-0.39, 0.29) is 5.91 Å². The van der Waals surface area contributed by atoms with Crippen molar-refractivity contribution in [2.45, 2.75) is 71.6 Å². The molecule has 4 heterocycles. The van der Waals surface area contributed by atoms with Crippen LogP contribution >= 0.6 is 0 Å². The van der Waals surface area contributed by atoms with Crippen LogP contribution in [0.15, 0.2) is 53.8 Å². The number of carbonyl (C=O) groups is 2. The molecule has 0 radical (unpaired) electrons. The van der Waals surface area contributed by atoms with Gasteiger partial charge in [0.2, 0.25) is 11.9 Å². The number of guanidine groups is 1. The molecule has 44 heavy (non-hydrogen) atoms. The molecule has 0 aliphatic carbocycles. The van der Waals surface area contributed by atoms with Crippen LogP contribution in [0.1, 0.15) is 82.2 Å². The molecule has 2 amide bonds. The summed E-state index contributed by atoms with van der Waals surface area (Å²) in [6.45, 7) is 14.0. The van der Waals surface area contributed by atoms with Crippen LogP contribution in [-0.2, 0) is 21.4 Å². The van der Waals surface area contributed by atoms with Crippen LogP contribution in [0.4, 0.5) is 4.79 Å². The molecule has 2 N–H and O–H groups in total. The van der Waals surface area contributed by atoms with Gasteiger partial charge in [-0.2, -0.15) is 0 Å². The summed E-state index contributed by atoms with van der Waals surface area (Å²) >= 11 is 0. The van der Waals surface area contributed by atoms with Crippen LogP contribution in [0.5, 0.6) is 0 Å². The second kappa shape index (κ2) is 13.7. The van der Waals surface area contributed by atoms with E-state index < -0.39 is 11.5 Å². The van der Waals surface area contributed by atoms with E-state index in [0.29, 0.717) is 31.4 Å². The maximum atomic E-state index is 13.5. The number of aromatic amines is 1. The van der Waals surface area contributed by atoms with Crippen molar-refractivity contribution in [1.29, 1.82) is 0 Å². The van der Waals surface area contributed by atoms with Crippen molar-refractivity contribution in [3.63, 3.8) is 0 Å². The first-order valence-corrected chi connectivity index (χ1v) is 15.9. The molecule has 1 atom stereocenters. The predicted molar refractivity (Wildman–Crippen MR) is 176 cm³/mol. The third-order valence-electron chi connectivity index (χ3n) is 9.16. The second-order valence-electron chi connectivity index (χ2n) is 12.3. The third-order valence-corrected chi connectivity index (χ3v) is 9.16. The van der Waals surface area contributed by atoms with Gasteiger partial charge in [0.1, 0.15) is 0 Å². The molecule has 5 rings (SSSR count). The summed E-state index contributed by atoms with van der Waals surface area (Å²) < 4.78 is 5.21. The Kier molecular flexibility index (Phi) is 9.71. The number of carbonyl (C=O) groups excluding carboxylic acids is 2. The monoisotopic (exact) mass is 598 g/mol. The Morgan fingerprint density at radius 3 is 2.59 bits per heavy atom. The summed E-state index contributed by atoms with van der Waals surface area (Å²) in [6, 6.07) is 10.5. The fourth-order valence-electron chi connectivity index (χ4n) is 6.43. The number of nitrogens with one attached hydrogen (secondary N) is 2. The predicted octanol–water partition coefficient (Wildman–Crippen LogP) is 6.02. The minimum absolute atomic E-state index is 0.186. The van der Waals surface area contributed by atoms with E-state index in [1.807, 2.05) is 38.1 Å². The van der Waals surface area contributed by atoms with Gasteiger partial charge in [-0.3, -0.25) is 20.1 Å². The largest absolute Gasteiger partial charge is 0.450 e.